The Bertz CT molecular complexity index is 373. The van der Waals surface area contributed by atoms with Gasteiger partial charge in [-0.15, -0.1) is 6.58 Å². The lowest BCUT2D eigenvalue weighted by molar-refractivity contribution is -0.275. The third-order valence-corrected chi connectivity index (χ3v) is 4.69. The van der Waals surface area contributed by atoms with Gasteiger partial charge in [-0.1, -0.05) is 6.08 Å². The van der Waals surface area contributed by atoms with E-state index in [0.717, 1.165) is 12.8 Å². The van der Waals surface area contributed by atoms with Crippen LogP contribution in [-0.4, -0.2) is 54.1 Å². The van der Waals surface area contributed by atoms with Crippen LogP contribution >= 0.6 is 0 Å². The van der Waals surface area contributed by atoms with Crippen LogP contribution < -0.4 is 0 Å². The summed E-state index contributed by atoms with van der Waals surface area (Å²) in [6.45, 7) is 8.24. The maximum absolute atomic E-state index is 10.1. The Morgan fingerprint density at radius 2 is 2.10 bits per heavy atom. The van der Waals surface area contributed by atoms with Gasteiger partial charge in [0.1, 0.15) is 12.2 Å². The van der Waals surface area contributed by atoms with Crippen LogP contribution in [0.2, 0.25) is 0 Å². The fraction of sp³-hybridized carbons (Fsp3) is 0.867. The predicted octanol–water partition coefficient (Wildman–Crippen LogP) is 1.39. The normalized spacial score (nSPS) is 52.5. The first-order valence-electron chi connectivity index (χ1n) is 7.43. The van der Waals surface area contributed by atoms with Gasteiger partial charge in [-0.05, 0) is 26.7 Å². The lowest BCUT2D eigenvalue weighted by Gasteiger charge is -2.45. The molecule has 114 valence electrons. The Morgan fingerprint density at radius 3 is 2.85 bits per heavy atom. The Hall–Kier alpha value is -0.460. The maximum Gasteiger partial charge on any atom is 0.155 e. The van der Waals surface area contributed by atoms with Gasteiger partial charge in [-0.2, -0.15) is 0 Å². The molecule has 0 aromatic carbocycles. The molecule has 0 saturated carbocycles. The number of hydrogen-bond donors (Lipinski definition) is 1. The Kier molecular flexibility index (Phi) is 3.90. The topological polar surface area (TPSA) is 57.2 Å². The highest BCUT2D eigenvalue weighted by Gasteiger charge is 2.50. The number of hydrogen-bond acceptors (Lipinski definition) is 5. The number of ether oxygens (including phenoxy) is 4. The van der Waals surface area contributed by atoms with E-state index in [2.05, 4.69) is 13.5 Å². The van der Waals surface area contributed by atoms with E-state index >= 15 is 0 Å². The lowest BCUT2D eigenvalue weighted by Crippen LogP contribution is -2.55. The van der Waals surface area contributed by atoms with Gasteiger partial charge in [0.05, 0.1) is 30.5 Å². The van der Waals surface area contributed by atoms with Crippen LogP contribution in [0.4, 0.5) is 0 Å². The molecule has 0 radical (unpaired) electrons. The predicted molar refractivity (Wildman–Crippen MR) is 72.3 cm³/mol. The van der Waals surface area contributed by atoms with Gasteiger partial charge in [0, 0.05) is 6.42 Å². The molecular formula is C15H24O5. The quantitative estimate of drug-likeness (QED) is 0.737. The lowest BCUT2D eigenvalue weighted by atomic mass is 9.85. The van der Waals surface area contributed by atoms with E-state index < -0.39 is 11.7 Å². The molecule has 3 heterocycles. The molecule has 3 rings (SSSR count). The maximum atomic E-state index is 10.1. The summed E-state index contributed by atoms with van der Waals surface area (Å²) in [7, 11) is 0. The minimum Gasteiger partial charge on any atom is -0.390 e. The van der Waals surface area contributed by atoms with Gasteiger partial charge >= 0.3 is 0 Å². The fourth-order valence-electron chi connectivity index (χ4n) is 3.42. The van der Waals surface area contributed by atoms with E-state index in [1.807, 2.05) is 6.92 Å². The second-order valence-corrected chi connectivity index (χ2v) is 6.21. The Balaban J connectivity index is 1.77. The summed E-state index contributed by atoms with van der Waals surface area (Å²) in [5.41, 5.74) is -0.401. The van der Waals surface area contributed by atoms with Crippen molar-refractivity contribution in [3.8, 4) is 0 Å². The van der Waals surface area contributed by atoms with Crippen molar-refractivity contribution < 1.29 is 24.1 Å². The second-order valence-electron chi connectivity index (χ2n) is 6.21. The van der Waals surface area contributed by atoms with Crippen molar-refractivity contribution in [2.75, 3.05) is 6.61 Å². The molecule has 3 aliphatic rings. The molecule has 5 heteroatoms. The van der Waals surface area contributed by atoms with Crippen LogP contribution in [0.3, 0.4) is 0 Å². The first kappa shape index (κ1) is 14.5. The standard InChI is InChI=1S/C15H24O5/c1-4-11-10(16)7-14-15(3,20-11)6-5-12-13(19-14)8-17-9(2)18-12/h4,9-14,16H,1,5-8H2,2-3H3/t9-,10-,11+,12+,13-,14+,15-/m1/s1. The van der Waals surface area contributed by atoms with E-state index in [1.54, 1.807) is 6.08 Å². The zero-order chi connectivity index (χ0) is 14.3. The minimum absolute atomic E-state index is 0.0455. The molecule has 3 fully saturated rings. The molecule has 0 spiro atoms. The van der Waals surface area contributed by atoms with Gasteiger partial charge in [0.25, 0.3) is 0 Å². The van der Waals surface area contributed by atoms with Crippen molar-refractivity contribution in [3.05, 3.63) is 12.7 Å². The Labute approximate surface area is 119 Å². The molecule has 1 N–H and O–H groups in total. The van der Waals surface area contributed by atoms with Crippen molar-refractivity contribution in [3.63, 3.8) is 0 Å². The summed E-state index contributed by atoms with van der Waals surface area (Å²) >= 11 is 0. The van der Waals surface area contributed by atoms with E-state index in [0.29, 0.717) is 13.0 Å². The van der Waals surface area contributed by atoms with Crippen molar-refractivity contribution >= 4 is 0 Å². The van der Waals surface area contributed by atoms with E-state index in [4.69, 9.17) is 18.9 Å². The summed E-state index contributed by atoms with van der Waals surface area (Å²) < 4.78 is 23.6. The highest BCUT2D eigenvalue weighted by Crippen LogP contribution is 2.40. The molecular weight excluding hydrogens is 260 g/mol. The molecule has 0 unspecified atom stereocenters. The van der Waals surface area contributed by atoms with Gasteiger partial charge in [0.2, 0.25) is 0 Å². The van der Waals surface area contributed by atoms with E-state index in [9.17, 15) is 5.11 Å². The first-order valence-corrected chi connectivity index (χ1v) is 7.43. The molecule has 20 heavy (non-hydrogen) atoms. The first-order chi connectivity index (χ1) is 9.51. The van der Waals surface area contributed by atoms with E-state index in [-0.39, 0.29) is 30.7 Å². The van der Waals surface area contributed by atoms with Crippen LogP contribution in [0.15, 0.2) is 12.7 Å². The molecule has 0 amide bonds. The minimum atomic E-state index is -0.563. The summed E-state index contributed by atoms with van der Waals surface area (Å²) in [6, 6.07) is 0. The summed E-state index contributed by atoms with van der Waals surface area (Å²) in [5, 5.41) is 10.1. The summed E-state index contributed by atoms with van der Waals surface area (Å²) in [5.74, 6) is 0. The monoisotopic (exact) mass is 284 g/mol. The highest BCUT2D eigenvalue weighted by molar-refractivity contribution is 5.02. The third-order valence-electron chi connectivity index (χ3n) is 4.69. The molecule has 3 saturated heterocycles. The molecule has 5 nitrogen and oxygen atoms in total. The number of fused-ring (bicyclic) bond motifs is 2. The van der Waals surface area contributed by atoms with Crippen molar-refractivity contribution in [2.24, 2.45) is 0 Å². The van der Waals surface area contributed by atoms with Crippen molar-refractivity contribution in [2.45, 2.75) is 75.5 Å². The van der Waals surface area contributed by atoms with Crippen LogP contribution in [0.1, 0.15) is 33.1 Å². The average Bonchev–Trinajstić information content (AvgIpc) is 2.55. The van der Waals surface area contributed by atoms with Crippen LogP contribution in [-0.2, 0) is 18.9 Å². The number of rotatable bonds is 1. The third kappa shape index (κ3) is 2.53. The van der Waals surface area contributed by atoms with Gasteiger partial charge < -0.3 is 24.1 Å². The van der Waals surface area contributed by atoms with E-state index in [1.165, 1.54) is 0 Å². The largest absolute Gasteiger partial charge is 0.390 e. The molecule has 0 aliphatic carbocycles. The van der Waals surface area contributed by atoms with Gasteiger partial charge in [0.15, 0.2) is 6.29 Å². The number of aliphatic hydroxyl groups is 1. The SMILES string of the molecule is C=C[C@@H]1O[C@]2(C)CC[C@@H]3O[C@H](C)OC[C@H]3O[C@H]2C[C@H]1O. The summed E-state index contributed by atoms with van der Waals surface area (Å²) in [6.07, 6.45) is 2.73. The second kappa shape index (κ2) is 5.39. The van der Waals surface area contributed by atoms with Crippen LogP contribution in [0.5, 0.6) is 0 Å². The Morgan fingerprint density at radius 1 is 1.30 bits per heavy atom. The number of aliphatic hydroxyl groups excluding tert-OH is 1. The zero-order valence-corrected chi connectivity index (χ0v) is 12.2. The molecule has 0 bridgehead atoms. The highest BCUT2D eigenvalue weighted by atomic mass is 16.7. The van der Waals surface area contributed by atoms with Gasteiger partial charge in [-0.3, -0.25) is 0 Å². The zero-order valence-electron chi connectivity index (χ0n) is 12.2. The molecule has 3 aliphatic heterocycles. The molecule has 7 atom stereocenters. The molecule has 0 aromatic rings. The summed E-state index contributed by atoms with van der Waals surface area (Å²) in [4.78, 5) is 0. The van der Waals surface area contributed by atoms with Crippen LogP contribution in [0.25, 0.3) is 0 Å². The fourth-order valence-corrected chi connectivity index (χ4v) is 3.42. The van der Waals surface area contributed by atoms with Crippen LogP contribution in [0, 0.1) is 0 Å². The smallest absolute Gasteiger partial charge is 0.155 e. The molecule has 0 aromatic heterocycles. The van der Waals surface area contributed by atoms with Crippen molar-refractivity contribution in [1.82, 2.24) is 0 Å². The average molecular weight is 284 g/mol. The van der Waals surface area contributed by atoms with Gasteiger partial charge in [-0.25, -0.2) is 0 Å². The van der Waals surface area contributed by atoms with Crippen molar-refractivity contribution in [1.29, 1.82) is 0 Å².